The first-order chi connectivity index (χ1) is 18.3. The summed E-state index contributed by atoms with van der Waals surface area (Å²) in [6, 6.07) is 7.20. The van der Waals surface area contributed by atoms with Gasteiger partial charge in [0.25, 0.3) is 5.91 Å². The van der Waals surface area contributed by atoms with Gasteiger partial charge in [0, 0.05) is 12.5 Å². The Morgan fingerprint density at radius 2 is 1.65 bits per heavy atom. The molecule has 1 atom stereocenters. The van der Waals surface area contributed by atoms with E-state index in [0.29, 0.717) is 0 Å². The van der Waals surface area contributed by atoms with Crippen molar-refractivity contribution >= 4 is 12.0 Å². The van der Waals surface area contributed by atoms with Gasteiger partial charge in [-0.2, -0.15) is 13.2 Å². The van der Waals surface area contributed by atoms with Crippen LogP contribution in [0.2, 0.25) is 0 Å². The number of alkyl halides is 3. The molecule has 0 aliphatic heterocycles. The molecule has 0 saturated carbocycles. The number of carbonyl (C=O) groups is 2. The number of halogens is 4. The zero-order valence-electron chi connectivity index (χ0n) is 22.7. The van der Waals surface area contributed by atoms with Crippen molar-refractivity contribution < 1.29 is 41.4 Å². The van der Waals surface area contributed by atoms with E-state index in [1.165, 1.54) is 39.0 Å². The first-order valence-corrected chi connectivity index (χ1v) is 12.1. The highest BCUT2D eigenvalue weighted by Gasteiger charge is 2.56. The van der Waals surface area contributed by atoms with Crippen LogP contribution in [0.1, 0.15) is 62.3 Å². The van der Waals surface area contributed by atoms with Gasteiger partial charge in [0.2, 0.25) is 5.60 Å². The van der Waals surface area contributed by atoms with Crippen molar-refractivity contribution in [3.63, 3.8) is 0 Å². The number of hydrogen-bond acceptors (Lipinski definition) is 7. The smallest absolute Gasteiger partial charge is 0.424 e. The molecule has 3 N–H and O–H groups in total. The second-order valence-corrected chi connectivity index (χ2v) is 10.7. The van der Waals surface area contributed by atoms with Gasteiger partial charge in [-0.1, -0.05) is 0 Å². The quantitative estimate of drug-likeness (QED) is 0.339. The van der Waals surface area contributed by atoms with Gasteiger partial charge in [-0.15, -0.1) is 0 Å². The van der Waals surface area contributed by atoms with Crippen molar-refractivity contribution in [3.05, 3.63) is 71.3 Å². The summed E-state index contributed by atoms with van der Waals surface area (Å²) in [5, 5.41) is 15.7. The number of hydrogen-bond donors (Lipinski definition) is 3. The predicted octanol–water partition coefficient (Wildman–Crippen LogP) is 5.12. The Morgan fingerprint density at radius 3 is 2.17 bits per heavy atom. The van der Waals surface area contributed by atoms with Gasteiger partial charge < -0.3 is 24.9 Å². The largest absolute Gasteiger partial charge is 0.448 e. The number of oxazole rings is 1. The number of benzene rings is 1. The maximum absolute atomic E-state index is 14.4. The minimum atomic E-state index is -5.31. The van der Waals surface area contributed by atoms with Crippen LogP contribution in [-0.2, 0) is 15.9 Å². The third-order valence-corrected chi connectivity index (χ3v) is 5.75. The third kappa shape index (κ3) is 7.14. The Bertz CT molecular complexity index is 1380. The minimum absolute atomic E-state index is 0.0484. The first-order valence-electron chi connectivity index (χ1n) is 12.1. The third-order valence-electron chi connectivity index (χ3n) is 5.75. The molecule has 0 radical (unpaired) electrons. The number of aromatic nitrogens is 2. The van der Waals surface area contributed by atoms with Gasteiger partial charge >= 0.3 is 12.3 Å². The van der Waals surface area contributed by atoms with E-state index in [1.54, 1.807) is 20.8 Å². The van der Waals surface area contributed by atoms with Crippen LogP contribution in [0.4, 0.5) is 22.4 Å². The molecule has 9 nitrogen and oxygen atoms in total. The molecule has 0 saturated heterocycles. The fourth-order valence-corrected chi connectivity index (χ4v) is 3.61. The second-order valence-electron chi connectivity index (χ2n) is 10.7. The number of alkyl carbamates (subject to hydrolysis) is 1. The van der Waals surface area contributed by atoms with Gasteiger partial charge in [0.15, 0.2) is 11.6 Å². The summed E-state index contributed by atoms with van der Waals surface area (Å²) in [5.74, 6) is -1.47. The van der Waals surface area contributed by atoms with Crippen molar-refractivity contribution in [1.82, 2.24) is 20.6 Å². The van der Waals surface area contributed by atoms with Crippen molar-refractivity contribution in [2.45, 2.75) is 64.5 Å². The number of carbonyl (C=O) groups excluding carboxylic acids is 2. The molecule has 13 heteroatoms. The van der Waals surface area contributed by atoms with E-state index in [1.807, 2.05) is 5.32 Å². The van der Waals surface area contributed by atoms with Gasteiger partial charge in [-0.3, -0.25) is 4.79 Å². The topological polar surface area (TPSA) is 127 Å². The van der Waals surface area contributed by atoms with Gasteiger partial charge in [-0.05, 0) is 76.6 Å². The molecule has 216 valence electrons. The van der Waals surface area contributed by atoms with Crippen molar-refractivity contribution in [3.8, 4) is 11.3 Å². The van der Waals surface area contributed by atoms with Crippen molar-refractivity contribution in [2.75, 3.05) is 6.54 Å². The molecule has 2 heterocycles. The zero-order chi connectivity index (χ0) is 30.1. The first kappa shape index (κ1) is 30.5. The molecule has 0 spiro atoms. The number of nitrogens with one attached hydrogen (secondary N) is 2. The van der Waals surface area contributed by atoms with Gasteiger partial charge in [0.1, 0.15) is 17.7 Å². The van der Waals surface area contributed by atoms with Crippen LogP contribution in [0, 0.1) is 12.7 Å². The minimum Gasteiger partial charge on any atom is -0.448 e. The number of aliphatic hydroxyl groups is 1. The SMILES string of the molecule is Cc1nc(C(=O)NCC(O)(c2cc(C(C)(C)NC(=O)OC(C)(C)C)cc(-c3ccc(F)cc3)n2)C(F)(F)F)co1. The van der Waals surface area contributed by atoms with Crippen LogP contribution in [0.25, 0.3) is 11.3 Å². The van der Waals surface area contributed by atoms with E-state index < -0.39 is 53.0 Å². The maximum Gasteiger partial charge on any atom is 0.424 e. The number of pyridine rings is 1. The average molecular weight is 567 g/mol. The molecule has 40 heavy (non-hydrogen) atoms. The van der Waals surface area contributed by atoms with E-state index in [9.17, 15) is 32.3 Å². The molecule has 3 aromatic rings. The lowest BCUT2D eigenvalue weighted by molar-refractivity contribution is -0.265. The molecule has 2 aromatic heterocycles. The van der Waals surface area contributed by atoms with Crippen LogP contribution in [0.5, 0.6) is 0 Å². The van der Waals surface area contributed by atoms with Gasteiger partial charge in [0.05, 0.1) is 23.5 Å². The van der Waals surface area contributed by atoms with E-state index in [4.69, 9.17) is 9.15 Å². The van der Waals surface area contributed by atoms with Crippen molar-refractivity contribution in [1.29, 1.82) is 0 Å². The number of amides is 2. The number of rotatable bonds is 7. The van der Waals surface area contributed by atoms with E-state index in [2.05, 4.69) is 15.3 Å². The summed E-state index contributed by atoms with van der Waals surface area (Å²) in [7, 11) is 0. The second kappa shape index (κ2) is 10.9. The summed E-state index contributed by atoms with van der Waals surface area (Å²) in [5.41, 5.74) is -6.69. The molecule has 3 rings (SSSR count). The molecule has 1 aromatic carbocycles. The molecular weight excluding hydrogens is 536 g/mol. The monoisotopic (exact) mass is 566 g/mol. The Balaban J connectivity index is 2.11. The summed E-state index contributed by atoms with van der Waals surface area (Å²) in [6.45, 7) is 8.11. The summed E-state index contributed by atoms with van der Waals surface area (Å²) >= 11 is 0. The Hall–Kier alpha value is -4.00. The number of nitrogens with zero attached hydrogens (tertiary/aromatic N) is 2. The van der Waals surface area contributed by atoms with Crippen LogP contribution in [-0.4, -0.2) is 45.4 Å². The zero-order valence-corrected chi connectivity index (χ0v) is 22.7. The fraction of sp³-hybridized carbons (Fsp3) is 0.407. The Morgan fingerprint density at radius 1 is 1.02 bits per heavy atom. The molecule has 1 unspecified atom stereocenters. The lowest BCUT2D eigenvalue weighted by atomic mass is 9.88. The van der Waals surface area contributed by atoms with Crippen LogP contribution in [0.15, 0.2) is 47.1 Å². The molecule has 0 fully saturated rings. The van der Waals surface area contributed by atoms with Crippen LogP contribution in [0.3, 0.4) is 0 Å². The Labute approximate surface area is 228 Å². The number of ether oxygens (including phenoxy) is 1. The molecule has 0 aliphatic rings. The standard InChI is InChI=1S/C27H30F4N4O5/c1-15-33-20(13-39-15)22(36)32-14-26(38,27(29,30)31)21-12-17(25(5,6)35-23(37)40-24(2,3)4)11-19(34-21)16-7-9-18(28)10-8-16/h7-13,38H,14H2,1-6H3,(H,32,36)(H,35,37). The molecule has 2 amide bonds. The van der Waals surface area contributed by atoms with E-state index in [-0.39, 0.29) is 28.4 Å². The average Bonchev–Trinajstić information content (AvgIpc) is 3.26. The van der Waals surface area contributed by atoms with E-state index >= 15 is 0 Å². The van der Waals surface area contributed by atoms with Crippen molar-refractivity contribution in [2.24, 2.45) is 0 Å². The highest BCUT2D eigenvalue weighted by molar-refractivity contribution is 5.92. The summed E-state index contributed by atoms with van der Waals surface area (Å²) in [6.07, 6.45) is -5.18. The lowest BCUT2D eigenvalue weighted by Crippen LogP contribution is -2.52. The number of aryl methyl sites for hydroxylation is 1. The fourth-order valence-electron chi connectivity index (χ4n) is 3.61. The molecular formula is C27H30F4N4O5. The predicted molar refractivity (Wildman–Crippen MR) is 136 cm³/mol. The highest BCUT2D eigenvalue weighted by atomic mass is 19.4. The Kier molecular flexibility index (Phi) is 8.30. The van der Waals surface area contributed by atoms with Crippen LogP contribution < -0.4 is 10.6 Å². The molecule has 0 bridgehead atoms. The van der Waals surface area contributed by atoms with E-state index in [0.717, 1.165) is 24.5 Å². The normalized spacial score (nSPS) is 13.9. The van der Waals surface area contributed by atoms with Gasteiger partial charge in [-0.25, -0.2) is 19.2 Å². The summed E-state index contributed by atoms with van der Waals surface area (Å²) in [4.78, 5) is 32.8. The summed E-state index contributed by atoms with van der Waals surface area (Å²) < 4.78 is 67.1. The molecule has 0 aliphatic carbocycles. The maximum atomic E-state index is 14.4. The lowest BCUT2D eigenvalue weighted by Gasteiger charge is -2.33. The van der Waals surface area contributed by atoms with Crippen LogP contribution >= 0.6 is 0 Å². The highest BCUT2D eigenvalue weighted by Crippen LogP contribution is 2.40.